The molecule has 18 heavy (non-hydrogen) atoms. The first-order valence-corrected chi connectivity index (χ1v) is 8.00. The molecule has 0 aromatic carbocycles. The highest BCUT2D eigenvalue weighted by Crippen LogP contribution is 2.16. The molecule has 0 bridgehead atoms. The van der Waals surface area contributed by atoms with Crippen molar-refractivity contribution in [2.24, 2.45) is 5.92 Å². The quantitative estimate of drug-likeness (QED) is 0.730. The van der Waals surface area contributed by atoms with Crippen molar-refractivity contribution in [3.8, 4) is 0 Å². The maximum atomic E-state index is 12.0. The summed E-state index contributed by atoms with van der Waals surface area (Å²) in [7, 11) is 4.19. The smallest absolute Gasteiger partial charge is 0.238 e. The van der Waals surface area contributed by atoms with E-state index in [-0.39, 0.29) is 11.9 Å². The van der Waals surface area contributed by atoms with Crippen molar-refractivity contribution in [2.45, 2.75) is 38.8 Å². The Hall–Kier alpha value is -0.260. The third-order valence-electron chi connectivity index (χ3n) is 3.77. The topological polar surface area (TPSA) is 44.4 Å². The van der Waals surface area contributed by atoms with Crippen LogP contribution in [0.3, 0.4) is 0 Å². The lowest BCUT2D eigenvalue weighted by molar-refractivity contribution is -0.122. The van der Waals surface area contributed by atoms with Crippen LogP contribution < -0.4 is 10.6 Å². The molecule has 1 amide bonds. The van der Waals surface area contributed by atoms with Gasteiger partial charge in [0.2, 0.25) is 5.91 Å². The fraction of sp³-hybridized carbons (Fsp3) is 0.923. The van der Waals surface area contributed by atoms with E-state index in [4.69, 9.17) is 0 Å². The maximum absolute atomic E-state index is 12.0. The van der Waals surface area contributed by atoms with Gasteiger partial charge in [0.05, 0.1) is 6.04 Å². The standard InChI is InChI=1S/C13H27N3OS/c1-5-10(6-2)12(16(3)4)7-14-13(17)11-8-18-9-15-11/h10-12,15H,5-9H2,1-4H3,(H,14,17). The molecule has 1 saturated heterocycles. The zero-order chi connectivity index (χ0) is 13.5. The number of likely N-dealkylation sites (N-methyl/N-ethyl adjacent to an activating group) is 1. The van der Waals surface area contributed by atoms with Gasteiger partial charge in [0, 0.05) is 24.2 Å². The van der Waals surface area contributed by atoms with E-state index in [2.05, 4.69) is 43.5 Å². The van der Waals surface area contributed by atoms with Crippen molar-refractivity contribution in [3.63, 3.8) is 0 Å². The third-order valence-corrected chi connectivity index (χ3v) is 4.71. The second kappa shape index (κ2) is 8.02. The van der Waals surface area contributed by atoms with Crippen molar-refractivity contribution < 1.29 is 4.79 Å². The number of carbonyl (C=O) groups is 1. The first-order chi connectivity index (χ1) is 8.60. The molecule has 2 unspecified atom stereocenters. The minimum atomic E-state index is -0.000449. The molecular weight excluding hydrogens is 246 g/mol. The summed E-state index contributed by atoms with van der Waals surface area (Å²) in [6, 6.07) is 0.428. The van der Waals surface area contributed by atoms with Crippen molar-refractivity contribution in [1.29, 1.82) is 0 Å². The molecular formula is C13H27N3OS. The van der Waals surface area contributed by atoms with Crippen molar-refractivity contribution in [3.05, 3.63) is 0 Å². The molecule has 0 aromatic rings. The normalized spacial score (nSPS) is 21.6. The van der Waals surface area contributed by atoms with Crippen molar-refractivity contribution in [1.82, 2.24) is 15.5 Å². The van der Waals surface area contributed by atoms with Crippen molar-refractivity contribution in [2.75, 3.05) is 32.3 Å². The molecule has 1 fully saturated rings. The summed E-state index contributed by atoms with van der Waals surface area (Å²) in [4.78, 5) is 14.2. The summed E-state index contributed by atoms with van der Waals surface area (Å²) >= 11 is 1.78. The van der Waals surface area contributed by atoms with Gasteiger partial charge in [-0.3, -0.25) is 10.1 Å². The van der Waals surface area contributed by atoms with Crippen LogP contribution in [0.25, 0.3) is 0 Å². The number of nitrogens with one attached hydrogen (secondary N) is 2. The predicted octanol–water partition coefficient (Wildman–Crippen LogP) is 1.13. The number of amides is 1. The molecule has 0 spiro atoms. The lowest BCUT2D eigenvalue weighted by atomic mass is 9.93. The second-order valence-corrected chi connectivity index (χ2v) is 6.15. The van der Waals surface area contributed by atoms with Crippen LogP contribution in [-0.2, 0) is 4.79 Å². The SMILES string of the molecule is CCC(CC)C(CNC(=O)C1CSCN1)N(C)C. The molecule has 4 nitrogen and oxygen atoms in total. The lowest BCUT2D eigenvalue weighted by Crippen LogP contribution is -2.49. The minimum absolute atomic E-state index is 0.000449. The fourth-order valence-corrected chi connectivity index (χ4v) is 3.44. The van der Waals surface area contributed by atoms with Crippen LogP contribution in [0.1, 0.15) is 26.7 Å². The summed E-state index contributed by atoms with van der Waals surface area (Å²) in [5.74, 6) is 2.58. The summed E-state index contributed by atoms with van der Waals surface area (Å²) in [5, 5.41) is 6.30. The number of thioether (sulfide) groups is 1. The van der Waals surface area contributed by atoms with Crippen LogP contribution in [0.4, 0.5) is 0 Å². The van der Waals surface area contributed by atoms with E-state index in [0.717, 1.165) is 31.0 Å². The highest BCUT2D eigenvalue weighted by molar-refractivity contribution is 7.99. The number of nitrogens with zero attached hydrogens (tertiary/aromatic N) is 1. The van der Waals surface area contributed by atoms with Gasteiger partial charge in [-0.05, 0) is 20.0 Å². The number of carbonyl (C=O) groups excluding carboxylic acids is 1. The molecule has 1 heterocycles. The third kappa shape index (κ3) is 4.44. The lowest BCUT2D eigenvalue weighted by Gasteiger charge is -2.31. The Balaban J connectivity index is 2.43. The van der Waals surface area contributed by atoms with Crippen LogP contribution in [0.5, 0.6) is 0 Å². The minimum Gasteiger partial charge on any atom is -0.353 e. The molecule has 1 rings (SSSR count). The van der Waals surface area contributed by atoms with Gasteiger partial charge < -0.3 is 10.2 Å². The molecule has 1 aliphatic heterocycles. The van der Waals surface area contributed by atoms with Crippen LogP contribution in [0.15, 0.2) is 0 Å². The van der Waals surface area contributed by atoms with E-state index in [1.165, 1.54) is 0 Å². The largest absolute Gasteiger partial charge is 0.353 e. The summed E-state index contributed by atoms with van der Waals surface area (Å²) in [6.07, 6.45) is 2.32. The van der Waals surface area contributed by atoms with Crippen molar-refractivity contribution >= 4 is 17.7 Å². The highest BCUT2D eigenvalue weighted by atomic mass is 32.2. The summed E-state index contributed by atoms with van der Waals surface area (Å²) in [6.45, 7) is 5.20. The van der Waals surface area contributed by atoms with Gasteiger partial charge >= 0.3 is 0 Å². The van der Waals surface area contributed by atoms with E-state index >= 15 is 0 Å². The molecule has 0 aromatic heterocycles. The van der Waals surface area contributed by atoms with Gasteiger partial charge in [-0.1, -0.05) is 26.7 Å². The van der Waals surface area contributed by atoms with Crippen LogP contribution >= 0.6 is 11.8 Å². The van der Waals surface area contributed by atoms with E-state index in [1.54, 1.807) is 11.8 Å². The number of hydrogen-bond acceptors (Lipinski definition) is 4. The molecule has 0 saturated carbocycles. The molecule has 2 N–H and O–H groups in total. The van der Waals surface area contributed by atoms with Gasteiger partial charge in [-0.25, -0.2) is 0 Å². The van der Waals surface area contributed by atoms with E-state index in [9.17, 15) is 4.79 Å². The number of rotatable bonds is 7. The number of hydrogen-bond donors (Lipinski definition) is 2. The Labute approximate surface area is 115 Å². The molecule has 5 heteroatoms. The molecule has 106 valence electrons. The predicted molar refractivity (Wildman–Crippen MR) is 78.8 cm³/mol. The zero-order valence-electron chi connectivity index (χ0n) is 12.0. The van der Waals surface area contributed by atoms with Crippen LogP contribution in [0, 0.1) is 5.92 Å². The van der Waals surface area contributed by atoms with E-state index in [1.807, 2.05) is 0 Å². The summed E-state index contributed by atoms with van der Waals surface area (Å²) < 4.78 is 0. The van der Waals surface area contributed by atoms with Gasteiger partial charge in [0.1, 0.15) is 0 Å². The van der Waals surface area contributed by atoms with E-state index < -0.39 is 0 Å². The average molecular weight is 273 g/mol. The van der Waals surface area contributed by atoms with Gasteiger partial charge in [-0.15, -0.1) is 11.8 Å². The van der Waals surface area contributed by atoms with E-state index in [0.29, 0.717) is 12.0 Å². The van der Waals surface area contributed by atoms with Gasteiger partial charge in [-0.2, -0.15) is 0 Å². The molecule has 1 aliphatic rings. The molecule has 2 atom stereocenters. The Kier molecular flexibility index (Phi) is 7.04. The Morgan fingerprint density at radius 1 is 1.44 bits per heavy atom. The van der Waals surface area contributed by atoms with Gasteiger partial charge in [0.25, 0.3) is 0 Å². The van der Waals surface area contributed by atoms with Crippen LogP contribution in [0.2, 0.25) is 0 Å². The summed E-state index contributed by atoms with van der Waals surface area (Å²) in [5.41, 5.74) is 0. The first kappa shape index (κ1) is 15.8. The highest BCUT2D eigenvalue weighted by Gasteiger charge is 2.25. The fourth-order valence-electron chi connectivity index (χ4n) is 2.50. The monoisotopic (exact) mass is 273 g/mol. The van der Waals surface area contributed by atoms with Gasteiger partial charge in [0.15, 0.2) is 0 Å². The first-order valence-electron chi connectivity index (χ1n) is 6.85. The molecule has 0 radical (unpaired) electrons. The molecule has 0 aliphatic carbocycles. The maximum Gasteiger partial charge on any atom is 0.238 e. The second-order valence-electron chi connectivity index (χ2n) is 5.12. The van der Waals surface area contributed by atoms with Crippen LogP contribution in [-0.4, -0.2) is 55.2 Å². The Morgan fingerprint density at radius 2 is 2.11 bits per heavy atom. The Morgan fingerprint density at radius 3 is 2.56 bits per heavy atom. The Bertz CT molecular complexity index is 251. The zero-order valence-corrected chi connectivity index (χ0v) is 12.8. The average Bonchev–Trinajstić information content (AvgIpc) is 2.87.